The number of rotatable bonds is 19. The summed E-state index contributed by atoms with van der Waals surface area (Å²) in [7, 11) is 1.58. The summed E-state index contributed by atoms with van der Waals surface area (Å²) in [5.74, 6) is -1.25. The van der Waals surface area contributed by atoms with E-state index in [1.54, 1.807) is 37.4 Å². The fraction of sp³-hybridized carbons (Fsp3) is 0.442. The maximum Gasteiger partial charge on any atom is 0.415 e. The van der Waals surface area contributed by atoms with Gasteiger partial charge >= 0.3 is 6.09 Å². The smallest absolute Gasteiger partial charge is 0.415 e. The van der Waals surface area contributed by atoms with Crippen molar-refractivity contribution < 1.29 is 48.6 Å². The van der Waals surface area contributed by atoms with Gasteiger partial charge in [-0.05, 0) is 86.4 Å². The van der Waals surface area contributed by atoms with Gasteiger partial charge in [-0.3, -0.25) is 20.2 Å². The lowest BCUT2D eigenvalue weighted by Gasteiger charge is -2.59. The quantitative estimate of drug-likeness (QED) is 0.0510. The molecule has 1 saturated carbocycles. The lowest BCUT2D eigenvalue weighted by atomic mass is 9.55. The van der Waals surface area contributed by atoms with Crippen LogP contribution in [0.3, 0.4) is 0 Å². The number of aliphatic hydroxyl groups is 2. The zero-order valence-electron chi connectivity index (χ0n) is 33.1. The van der Waals surface area contributed by atoms with E-state index in [9.17, 15) is 35.2 Å². The molecule has 314 valence electrons. The van der Waals surface area contributed by atoms with Gasteiger partial charge in [0.05, 0.1) is 34.1 Å². The second kappa shape index (κ2) is 19.3. The number of hydrogen-bond acceptors (Lipinski definition) is 13. The van der Waals surface area contributed by atoms with Crippen molar-refractivity contribution in [3.63, 3.8) is 0 Å². The van der Waals surface area contributed by atoms with Gasteiger partial charge in [0, 0.05) is 56.4 Å². The van der Waals surface area contributed by atoms with E-state index >= 15 is 0 Å². The van der Waals surface area contributed by atoms with Gasteiger partial charge in [0.25, 0.3) is 11.4 Å². The van der Waals surface area contributed by atoms with Gasteiger partial charge in [0.1, 0.15) is 35.6 Å². The summed E-state index contributed by atoms with van der Waals surface area (Å²) in [6, 6.07) is 15.6. The number of benzene rings is 3. The molecule has 2 N–H and O–H groups in total. The van der Waals surface area contributed by atoms with Crippen LogP contribution in [0, 0.1) is 38.0 Å². The number of nitrogens with zero attached hydrogens (tertiary/aromatic N) is 4. The van der Waals surface area contributed by atoms with Gasteiger partial charge in [-0.2, -0.15) is 0 Å². The third-order valence-corrected chi connectivity index (χ3v) is 11.2. The van der Waals surface area contributed by atoms with E-state index in [4.69, 9.17) is 23.8 Å². The number of aliphatic hydroxyl groups excluding tert-OH is 2. The number of fused-ring (bicyclic) bond motifs is 2. The van der Waals surface area contributed by atoms with Gasteiger partial charge in [0.2, 0.25) is 5.79 Å². The number of carbonyl (C=O) groups is 1. The first-order valence-electron chi connectivity index (χ1n) is 19.9. The Morgan fingerprint density at radius 3 is 2.34 bits per heavy atom. The number of oxime groups is 1. The van der Waals surface area contributed by atoms with Crippen LogP contribution in [-0.2, 0) is 9.57 Å². The molecular weight excluding hydrogens is 764 g/mol. The van der Waals surface area contributed by atoms with Gasteiger partial charge in [0.15, 0.2) is 0 Å². The summed E-state index contributed by atoms with van der Waals surface area (Å²) >= 11 is 0. The average Bonchev–Trinajstić information content (AvgIpc) is 3.23. The molecule has 0 spiro atoms. The Morgan fingerprint density at radius 2 is 1.66 bits per heavy atom. The molecule has 1 heterocycles. The third kappa shape index (κ3) is 9.24. The van der Waals surface area contributed by atoms with E-state index in [2.05, 4.69) is 17.8 Å². The fourth-order valence-corrected chi connectivity index (χ4v) is 8.67. The van der Waals surface area contributed by atoms with Crippen molar-refractivity contribution in [2.45, 2.75) is 69.6 Å². The molecule has 6 rings (SSSR count). The molecule has 6 atom stereocenters. The highest BCUT2D eigenvalue weighted by atomic mass is 16.7. The Labute approximate surface area is 342 Å². The molecule has 0 bridgehead atoms. The second-order valence-electron chi connectivity index (χ2n) is 14.8. The predicted octanol–water partition coefficient (Wildman–Crippen LogP) is 8.08. The van der Waals surface area contributed by atoms with Crippen molar-refractivity contribution in [2.75, 3.05) is 33.5 Å². The van der Waals surface area contributed by atoms with Crippen molar-refractivity contribution in [3.8, 4) is 23.0 Å². The molecule has 2 aliphatic carbocycles. The topological polar surface area (TPSA) is 206 Å². The molecular formula is C43H50N4O12. The van der Waals surface area contributed by atoms with Crippen LogP contribution in [0.1, 0.15) is 63.4 Å². The highest BCUT2D eigenvalue weighted by Crippen LogP contribution is 2.62. The number of carbonyl (C=O) groups excluding carboxylic acids is 1. The molecule has 6 unspecified atom stereocenters. The Hall–Kier alpha value is -5.84. The predicted molar refractivity (Wildman–Crippen MR) is 217 cm³/mol. The number of ether oxygens (including phenoxy) is 4. The summed E-state index contributed by atoms with van der Waals surface area (Å²) in [6.45, 7) is 6.17. The SMILES string of the molecule is C=CCOC12Oc3ccc(Oc4cccc([N+](=O)[O-])c4)cc3C3C(CCCCO)C(CCCCO)C=C(C(=NOCC)CC1N(C)C(=O)Oc1ccc([N+](=O)[O-])cc1)C32. The van der Waals surface area contributed by atoms with E-state index < -0.39 is 33.7 Å². The summed E-state index contributed by atoms with van der Waals surface area (Å²) < 4.78 is 26.0. The van der Waals surface area contributed by atoms with Crippen LogP contribution < -0.4 is 14.2 Å². The molecule has 3 aromatic rings. The summed E-state index contributed by atoms with van der Waals surface area (Å²) in [5.41, 5.74) is 1.96. The van der Waals surface area contributed by atoms with Gasteiger partial charge < -0.3 is 38.9 Å². The van der Waals surface area contributed by atoms with Crippen LogP contribution in [0.5, 0.6) is 23.0 Å². The van der Waals surface area contributed by atoms with Crippen LogP contribution in [-0.4, -0.2) is 82.1 Å². The largest absolute Gasteiger partial charge is 0.459 e. The van der Waals surface area contributed by atoms with Crippen molar-refractivity contribution >= 4 is 23.2 Å². The van der Waals surface area contributed by atoms with Crippen molar-refractivity contribution in [3.05, 3.63) is 117 Å². The molecule has 1 aliphatic heterocycles. The van der Waals surface area contributed by atoms with Crippen LogP contribution in [0.2, 0.25) is 0 Å². The molecule has 1 amide bonds. The number of amides is 1. The Bertz CT molecular complexity index is 2060. The maximum absolute atomic E-state index is 14.1. The number of nitro benzene ring substituents is 2. The molecule has 3 aromatic carbocycles. The van der Waals surface area contributed by atoms with Crippen molar-refractivity contribution in [1.29, 1.82) is 0 Å². The number of hydrogen-bond donors (Lipinski definition) is 2. The minimum absolute atomic E-state index is 0.00546. The second-order valence-corrected chi connectivity index (χ2v) is 14.8. The molecule has 1 fully saturated rings. The number of allylic oxidation sites excluding steroid dienone is 1. The molecule has 59 heavy (non-hydrogen) atoms. The Balaban J connectivity index is 1.52. The zero-order valence-corrected chi connectivity index (χ0v) is 33.1. The monoisotopic (exact) mass is 814 g/mol. The molecule has 3 aliphatic rings. The van der Waals surface area contributed by atoms with Crippen LogP contribution >= 0.6 is 0 Å². The minimum atomic E-state index is -1.54. The third-order valence-electron chi connectivity index (χ3n) is 11.2. The molecule has 16 heteroatoms. The van der Waals surface area contributed by atoms with Gasteiger partial charge in [-0.25, -0.2) is 4.79 Å². The first-order valence-corrected chi connectivity index (χ1v) is 19.9. The zero-order chi connectivity index (χ0) is 42.1. The molecule has 0 radical (unpaired) electrons. The van der Waals surface area contributed by atoms with Crippen LogP contribution in [0.15, 0.2) is 96.2 Å². The van der Waals surface area contributed by atoms with Gasteiger partial charge in [-0.1, -0.05) is 36.2 Å². The van der Waals surface area contributed by atoms with Crippen molar-refractivity contribution in [1.82, 2.24) is 4.90 Å². The highest BCUT2D eigenvalue weighted by molar-refractivity contribution is 6.03. The van der Waals surface area contributed by atoms with E-state index in [1.807, 2.05) is 13.0 Å². The number of unbranched alkanes of at least 4 members (excludes halogenated alkanes) is 2. The van der Waals surface area contributed by atoms with Gasteiger partial charge in [-0.15, -0.1) is 6.58 Å². The first-order chi connectivity index (χ1) is 28.5. The molecule has 0 saturated heterocycles. The summed E-state index contributed by atoms with van der Waals surface area (Å²) in [4.78, 5) is 43.0. The van der Waals surface area contributed by atoms with E-state index in [-0.39, 0.29) is 73.5 Å². The average molecular weight is 815 g/mol. The first kappa shape index (κ1) is 42.8. The number of likely N-dealkylation sites (N-methyl/N-ethyl adjacent to an activating group) is 1. The summed E-state index contributed by atoms with van der Waals surface area (Å²) in [5, 5.41) is 47.1. The van der Waals surface area contributed by atoms with E-state index in [0.717, 1.165) is 30.4 Å². The number of nitro groups is 2. The lowest BCUT2D eigenvalue weighted by molar-refractivity contribution is -0.385. The van der Waals surface area contributed by atoms with E-state index in [0.29, 0.717) is 36.5 Å². The fourth-order valence-electron chi connectivity index (χ4n) is 8.67. The lowest BCUT2D eigenvalue weighted by Crippen LogP contribution is -2.69. The number of non-ortho nitro benzene ring substituents is 2. The summed E-state index contributed by atoms with van der Waals surface area (Å²) in [6.07, 6.45) is 7.34. The van der Waals surface area contributed by atoms with E-state index in [1.165, 1.54) is 41.3 Å². The molecule has 16 nitrogen and oxygen atoms in total. The maximum atomic E-state index is 14.1. The Kier molecular flexibility index (Phi) is 14.0. The van der Waals surface area contributed by atoms with Crippen LogP contribution in [0.25, 0.3) is 0 Å². The van der Waals surface area contributed by atoms with Crippen LogP contribution in [0.4, 0.5) is 16.2 Å². The highest BCUT2D eigenvalue weighted by Gasteiger charge is 2.65. The standard InChI is InChI=1S/C43H50N4O12/c1-4-23-55-43-39(45(3)42(50)58-31-17-15-29(16-18-31)46(51)52)27-37(44-56-5-2)35-24-28(11-6-8-21-48)34(14-7-9-22-49)40(41(35)43)36-26-33(19-20-38(36)59-43)57-32-13-10-12-30(25-32)47(53)54/h4,10,12-13,15-20,24-26,28,34,39-41,48-49H,1,5-9,11,14,21-23,27H2,2-3H3. The van der Waals surface area contributed by atoms with Crippen molar-refractivity contribution in [2.24, 2.45) is 22.9 Å². The normalized spacial score (nSPS) is 23.5. The minimum Gasteiger partial charge on any atom is -0.459 e. The molecule has 0 aromatic heterocycles. The Morgan fingerprint density at radius 1 is 0.966 bits per heavy atom.